The number of carbonyl (C=O) groups is 1. The van der Waals surface area contributed by atoms with Gasteiger partial charge >= 0.3 is 6.03 Å². The summed E-state index contributed by atoms with van der Waals surface area (Å²) in [4.78, 5) is 11.9. The van der Waals surface area contributed by atoms with Crippen molar-refractivity contribution in [3.8, 4) is 5.75 Å². The second kappa shape index (κ2) is 14.5. The third kappa shape index (κ3) is 10.4. The molecule has 0 radical (unpaired) electrons. The van der Waals surface area contributed by atoms with Crippen molar-refractivity contribution in [2.45, 2.75) is 84.6 Å². The lowest BCUT2D eigenvalue weighted by molar-refractivity contribution is 0.249. The summed E-state index contributed by atoms with van der Waals surface area (Å²) < 4.78 is 5.88. The highest BCUT2D eigenvalue weighted by molar-refractivity contribution is 5.89. The number of carbonyl (C=O) groups excluding carboxylic acids is 1. The van der Waals surface area contributed by atoms with E-state index in [0.29, 0.717) is 0 Å². The maximum atomic E-state index is 11.9. The van der Waals surface area contributed by atoms with Crippen LogP contribution in [0.25, 0.3) is 0 Å². The molecule has 2 rings (SSSR count). The predicted octanol–water partition coefficient (Wildman–Crippen LogP) is 7.33. The molecular formula is C27H40N2O2. The minimum Gasteiger partial charge on any atom is -0.494 e. The molecule has 170 valence electrons. The number of nitrogens with one attached hydrogen (secondary N) is 2. The van der Waals surface area contributed by atoms with Gasteiger partial charge in [0.25, 0.3) is 0 Å². The van der Waals surface area contributed by atoms with E-state index in [0.717, 1.165) is 37.3 Å². The molecule has 0 aliphatic heterocycles. The maximum absolute atomic E-state index is 11.9. The van der Waals surface area contributed by atoms with E-state index >= 15 is 0 Å². The molecule has 0 aliphatic carbocycles. The SMILES string of the molecule is CCCCCCCCCOc1ccc(Cc2ccc(NC(=O)NC(C)CC)cc2)cc1. The van der Waals surface area contributed by atoms with Gasteiger partial charge in [0.1, 0.15) is 5.75 Å². The summed E-state index contributed by atoms with van der Waals surface area (Å²) in [6.07, 6.45) is 10.9. The van der Waals surface area contributed by atoms with Gasteiger partial charge in [-0.3, -0.25) is 0 Å². The molecule has 0 aliphatic rings. The molecule has 2 aromatic carbocycles. The summed E-state index contributed by atoms with van der Waals surface area (Å²) in [7, 11) is 0. The minimum absolute atomic E-state index is 0.158. The molecule has 2 N–H and O–H groups in total. The summed E-state index contributed by atoms with van der Waals surface area (Å²) >= 11 is 0. The number of hydrogen-bond acceptors (Lipinski definition) is 2. The van der Waals surface area contributed by atoms with E-state index in [1.165, 1.54) is 49.7 Å². The van der Waals surface area contributed by atoms with Gasteiger partial charge in [-0.2, -0.15) is 0 Å². The number of benzene rings is 2. The highest BCUT2D eigenvalue weighted by atomic mass is 16.5. The lowest BCUT2D eigenvalue weighted by Gasteiger charge is -2.13. The Morgan fingerprint density at radius 3 is 2.03 bits per heavy atom. The quantitative estimate of drug-likeness (QED) is 0.312. The highest BCUT2D eigenvalue weighted by Crippen LogP contribution is 2.18. The zero-order chi connectivity index (χ0) is 22.3. The Balaban J connectivity index is 1.69. The molecule has 0 saturated carbocycles. The van der Waals surface area contributed by atoms with E-state index in [1.807, 2.05) is 19.1 Å². The first-order valence-corrected chi connectivity index (χ1v) is 12.0. The number of ether oxygens (including phenoxy) is 1. The zero-order valence-corrected chi connectivity index (χ0v) is 19.6. The molecule has 0 heterocycles. The van der Waals surface area contributed by atoms with E-state index in [9.17, 15) is 4.79 Å². The average molecular weight is 425 g/mol. The fraction of sp³-hybridized carbons (Fsp3) is 0.519. The van der Waals surface area contributed by atoms with Crippen molar-refractivity contribution in [3.63, 3.8) is 0 Å². The molecule has 2 amide bonds. The Bertz CT molecular complexity index is 741. The summed E-state index contributed by atoms with van der Waals surface area (Å²) in [5.41, 5.74) is 3.27. The maximum Gasteiger partial charge on any atom is 0.319 e. The number of unbranched alkanes of at least 4 members (excludes halogenated alkanes) is 6. The van der Waals surface area contributed by atoms with Crippen LogP contribution in [0.3, 0.4) is 0 Å². The Labute approximate surface area is 188 Å². The van der Waals surface area contributed by atoms with E-state index in [1.54, 1.807) is 0 Å². The lowest BCUT2D eigenvalue weighted by atomic mass is 10.0. The van der Waals surface area contributed by atoms with Crippen LogP contribution in [0.4, 0.5) is 10.5 Å². The second-order valence-corrected chi connectivity index (χ2v) is 8.40. The number of anilines is 1. The first-order valence-electron chi connectivity index (χ1n) is 12.0. The van der Waals surface area contributed by atoms with Gasteiger partial charge < -0.3 is 15.4 Å². The van der Waals surface area contributed by atoms with Crippen molar-refractivity contribution in [3.05, 3.63) is 59.7 Å². The third-order valence-electron chi connectivity index (χ3n) is 5.55. The van der Waals surface area contributed by atoms with Crippen LogP contribution in [0.2, 0.25) is 0 Å². The van der Waals surface area contributed by atoms with E-state index in [4.69, 9.17) is 4.74 Å². The Hall–Kier alpha value is -2.49. The van der Waals surface area contributed by atoms with Crippen LogP contribution in [-0.2, 0) is 6.42 Å². The van der Waals surface area contributed by atoms with Crippen molar-refractivity contribution in [2.24, 2.45) is 0 Å². The molecule has 0 spiro atoms. The van der Waals surface area contributed by atoms with Crippen LogP contribution in [0.15, 0.2) is 48.5 Å². The minimum atomic E-state index is -0.158. The van der Waals surface area contributed by atoms with Gasteiger partial charge in [0.2, 0.25) is 0 Å². The van der Waals surface area contributed by atoms with Crippen molar-refractivity contribution in [1.82, 2.24) is 5.32 Å². The van der Waals surface area contributed by atoms with Crippen LogP contribution in [0.5, 0.6) is 5.75 Å². The predicted molar refractivity (Wildman–Crippen MR) is 131 cm³/mol. The van der Waals surface area contributed by atoms with Gasteiger partial charge in [-0.05, 0) is 61.6 Å². The van der Waals surface area contributed by atoms with Gasteiger partial charge in [-0.15, -0.1) is 0 Å². The highest BCUT2D eigenvalue weighted by Gasteiger charge is 2.05. The molecule has 31 heavy (non-hydrogen) atoms. The van der Waals surface area contributed by atoms with E-state index in [-0.39, 0.29) is 12.1 Å². The third-order valence-corrected chi connectivity index (χ3v) is 5.55. The van der Waals surface area contributed by atoms with Crippen LogP contribution in [0.1, 0.15) is 83.3 Å². The molecule has 0 bridgehead atoms. The molecule has 4 nitrogen and oxygen atoms in total. The molecule has 2 aromatic rings. The summed E-state index contributed by atoms with van der Waals surface area (Å²) in [5.74, 6) is 0.946. The van der Waals surface area contributed by atoms with Gasteiger partial charge in [-0.25, -0.2) is 4.79 Å². The number of urea groups is 1. The Kier molecular flexibility index (Phi) is 11.6. The topological polar surface area (TPSA) is 50.4 Å². The largest absolute Gasteiger partial charge is 0.494 e. The summed E-state index contributed by atoms with van der Waals surface area (Å²) in [6, 6.07) is 16.4. The van der Waals surface area contributed by atoms with Crippen molar-refractivity contribution < 1.29 is 9.53 Å². The standard InChI is InChI=1S/C27H40N2O2/c1-4-6-7-8-9-10-11-20-31-26-18-14-24(15-19-26)21-23-12-16-25(17-13-23)29-27(30)28-22(3)5-2/h12-19,22H,4-11,20-21H2,1-3H3,(H2,28,29,30). The molecular weight excluding hydrogens is 384 g/mol. The Morgan fingerprint density at radius 1 is 0.839 bits per heavy atom. The zero-order valence-electron chi connectivity index (χ0n) is 19.6. The van der Waals surface area contributed by atoms with Crippen LogP contribution < -0.4 is 15.4 Å². The lowest BCUT2D eigenvalue weighted by Crippen LogP contribution is -2.35. The van der Waals surface area contributed by atoms with E-state index < -0.39 is 0 Å². The average Bonchev–Trinajstić information content (AvgIpc) is 2.78. The van der Waals surface area contributed by atoms with Crippen molar-refractivity contribution in [2.75, 3.05) is 11.9 Å². The van der Waals surface area contributed by atoms with E-state index in [2.05, 4.69) is 60.9 Å². The van der Waals surface area contributed by atoms with Crippen molar-refractivity contribution in [1.29, 1.82) is 0 Å². The Morgan fingerprint density at radius 2 is 1.42 bits per heavy atom. The summed E-state index contributed by atoms with van der Waals surface area (Å²) in [5, 5.41) is 5.79. The second-order valence-electron chi connectivity index (χ2n) is 8.40. The molecule has 0 fully saturated rings. The smallest absolute Gasteiger partial charge is 0.319 e. The van der Waals surface area contributed by atoms with Gasteiger partial charge in [0.15, 0.2) is 0 Å². The first kappa shape index (κ1) is 24.8. The van der Waals surface area contributed by atoms with Gasteiger partial charge in [0, 0.05) is 11.7 Å². The fourth-order valence-electron chi connectivity index (χ4n) is 3.39. The van der Waals surface area contributed by atoms with Crippen LogP contribution in [-0.4, -0.2) is 18.7 Å². The van der Waals surface area contributed by atoms with Gasteiger partial charge in [0.05, 0.1) is 6.61 Å². The first-order chi connectivity index (χ1) is 15.1. The molecule has 0 aromatic heterocycles. The fourth-order valence-corrected chi connectivity index (χ4v) is 3.39. The summed E-state index contributed by atoms with van der Waals surface area (Å²) in [6.45, 7) is 7.10. The molecule has 4 heteroatoms. The number of hydrogen-bond donors (Lipinski definition) is 2. The normalized spacial score (nSPS) is 11.7. The van der Waals surface area contributed by atoms with Crippen LogP contribution >= 0.6 is 0 Å². The molecule has 0 saturated heterocycles. The molecule has 1 unspecified atom stereocenters. The monoisotopic (exact) mass is 424 g/mol. The van der Waals surface area contributed by atoms with Crippen molar-refractivity contribution >= 4 is 11.7 Å². The number of amides is 2. The van der Waals surface area contributed by atoms with Crippen LogP contribution in [0, 0.1) is 0 Å². The van der Waals surface area contributed by atoms with Gasteiger partial charge in [-0.1, -0.05) is 76.6 Å². The molecule has 1 atom stereocenters. The number of rotatable bonds is 14.